The van der Waals surface area contributed by atoms with E-state index in [9.17, 15) is 14.3 Å². The Kier molecular flexibility index (Phi) is 2.59. The number of hydrogen-bond donors (Lipinski definition) is 3. The fourth-order valence-corrected chi connectivity index (χ4v) is 2.14. The number of carbonyl (C=O) groups is 1. The molecule has 19 heavy (non-hydrogen) atoms. The number of benzene rings is 2. The van der Waals surface area contributed by atoms with Gasteiger partial charge in [0.25, 0.3) is 5.91 Å². The molecule has 0 aromatic heterocycles. The summed E-state index contributed by atoms with van der Waals surface area (Å²) in [6.45, 7) is 0. The van der Waals surface area contributed by atoms with Gasteiger partial charge in [-0.3, -0.25) is 4.79 Å². The summed E-state index contributed by atoms with van der Waals surface area (Å²) in [5, 5.41) is 15.0. The largest absolute Gasteiger partial charge is 0.508 e. The molecular weight excluding hydrogens is 247 g/mol. The molecule has 4 nitrogen and oxygen atoms in total. The highest BCUT2D eigenvalue weighted by atomic mass is 19.1. The summed E-state index contributed by atoms with van der Waals surface area (Å²) in [5.41, 5.74) is 1.76. The zero-order chi connectivity index (χ0) is 13.4. The third kappa shape index (κ3) is 2.10. The summed E-state index contributed by atoms with van der Waals surface area (Å²) in [6, 6.07) is 9.93. The van der Waals surface area contributed by atoms with Gasteiger partial charge in [-0.15, -0.1) is 0 Å². The average molecular weight is 258 g/mol. The van der Waals surface area contributed by atoms with Crippen LogP contribution in [0.5, 0.6) is 5.75 Å². The maximum absolute atomic E-state index is 13.3. The molecule has 1 amide bonds. The van der Waals surface area contributed by atoms with E-state index in [1.165, 1.54) is 30.3 Å². The van der Waals surface area contributed by atoms with Gasteiger partial charge in [0.15, 0.2) is 0 Å². The monoisotopic (exact) mass is 258 g/mol. The van der Waals surface area contributed by atoms with Crippen LogP contribution in [0.15, 0.2) is 42.5 Å². The van der Waals surface area contributed by atoms with Crippen LogP contribution in [0, 0.1) is 5.82 Å². The van der Waals surface area contributed by atoms with Crippen molar-refractivity contribution in [3.63, 3.8) is 0 Å². The van der Waals surface area contributed by atoms with Crippen molar-refractivity contribution in [1.29, 1.82) is 0 Å². The standard InChI is InChI=1S/C14H11FN2O2/c15-8-4-5-12-11(6-8)13(14(19)17-12)16-9-2-1-3-10(18)7-9/h1-7,13,16,18H,(H,17,19). The molecule has 3 rings (SSSR count). The van der Waals surface area contributed by atoms with Crippen LogP contribution in [-0.4, -0.2) is 11.0 Å². The van der Waals surface area contributed by atoms with Crippen molar-refractivity contribution < 1.29 is 14.3 Å². The van der Waals surface area contributed by atoms with Crippen LogP contribution in [0.2, 0.25) is 0 Å². The maximum Gasteiger partial charge on any atom is 0.251 e. The van der Waals surface area contributed by atoms with Crippen molar-refractivity contribution in [1.82, 2.24) is 0 Å². The molecule has 1 heterocycles. The number of nitrogens with one attached hydrogen (secondary N) is 2. The Balaban J connectivity index is 1.94. The van der Waals surface area contributed by atoms with E-state index in [2.05, 4.69) is 10.6 Å². The number of carbonyl (C=O) groups excluding carboxylic acids is 1. The molecule has 0 saturated heterocycles. The minimum atomic E-state index is -0.660. The second-order valence-corrected chi connectivity index (χ2v) is 4.35. The summed E-state index contributed by atoms with van der Waals surface area (Å²) in [4.78, 5) is 11.9. The minimum absolute atomic E-state index is 0.0999. The number of anilines is 2. The average Bonchev–Trinajstić information content (AvgIpc) is 2.66. The molecule has 1 atom stereocenters. The van der Waals surface area contributed by atoms with Crippen LogP contribution < -0.4 is 10.6 Å². The highest BCUT2D eigenvalue weighted by molar-refractivity contribution is 6.04. The van der Waals surface area contributed by atoms with E-state index in [0.29, 0.717) is 16.9 Å². The van der Waals surface area contributed by atoms with Crippen molar-refractivity contribution in [2.45, 2.75) is 6.04 Å². The quantitative estimate of drug-likeness (QED) is 0.776. The summed E-state index contributed by atoms with van der Waals surface area (Å²) in [5.74, 6) is -0.537. The van der Waals surface area contributed by atoms with Gasteiger partial charge < -0.3 is 15.7 Å². The van der Waals surface area contributed by atoms with Crippen LogP contribution in [0.3, 0.4) is 0 Å². The summed E-state index contributed by atoms with van der Waals surface area (Å²) < 4.78 is 13.3. The number of phenols is 1. The molecule has 0 aliphatic carbocycles. The van der Waals surface area contributed by atoms with E-state index >= 15 is 0 Å². The lowest BCUT2D eigenvalue weighted by molar-refractivity contribution is -0.116. The Morgan fingerprint density at radius 1 is 1.21 bits per heavy atom. The van der Waals surface area contributed by atoms with E-state index in [4.69, 9.17) is 0 Å². The topological polar surface area (TPSA) is 61.4 Å². The number of aromatic hydroxyl groups is 1. The highest BCUT2D eigenvalue weighted by Crippen LogP contribution is 2.34. The van der Waals surface area contributed by atoms with Crippen molar-refractivity contribution in [2.24, 2.45) is 0 Å². The molecule has 3 N–H and O–H groups in total. The Morgan fingerprint density at radius 3 is 2.84 bits per heavy atom. The molecule has 2 aromatic rings. The van der Waals surface area contributed by atoms with Gasteiger partial charge in [0, 0.05) is 23.0 Å². The first-order valence-corrected chi connectivity index (χ1v) is 5.79. The summed E-state index contributed by atoms with van der Waals surface area (Å²) >= 11 is 0. The molecule has 0 spiro atoms. The second-order valence-electron chi connectivity index (χ2n) is 4.35. The molecule has 1 aliphatic rings. The number of rotatable bonds is 2. The number of amides is 1. The first kappa shape index (κ1) is 11.5. The van der Waals surface area contributed by atoms with Crippen LogP contribution in [0.4, 0.5) is 15.8 Å². The van der Waals surface area contributed by atoms with Gasteiger partial charge in [-0.2, -0.15) is 0 Å². The van der Waals surface area contributed by atoms with E-state index in [1.54, 1.807) is 12.1 Å². The van der Waals surface area contributed by atoms with Crippen molar-refractivity contribution in [2.75, 3.05) is 10.6 Å². The smallest absolute Gasteiger partial charge is 0.251 e. The zero-order valence-corrected chi connectivity index (χ0v) is 9.85. The third-order valence-corrected chi connectivity index (χ3v) is 3.00. The van der Waals surface area contributed by atoms with Crippen molar-refractivity contribution in [3.05, 3.63) is 53.8 Å². The normalized spacial score (nSPS) is 16.9. The Hall–Kier alpha value is -2.56. The van der Waals surface area contributed by atoms with Gasteiger partial charge in [-0.1, -0.05) is 6.07 Å². The lowest BCUT2D eigenvalue weighted by atomic mass is 10.1. The fraction of sp³-hybridized carbons (Fsp3) is 0.0714. The Labute approximate surface area is 108 Å². The molecule has 1 unspecified atom stereocenters. The number of hydrogen-bond acceptors (Lipinski definition) is 3. The first-order chi connectivity index (χ1) is 9.13. The van der Waals surface area contributed by atoms with E-state index < -0.39 is 11.9 Å². The molecule has 0 saturated carbocycles. The highest BCUT2D eigenvalue weighted by Gasteiger charge is 2.30. The SMILES string of the molecule is O=C1Nc2ccc(F)cc2C1Nc1cccc(O)c1. The maximum atomic E-state index is 13.3. The minimum Gasteiger partial charge on any atom is -0.508 e. The lowest BCUT2D eigenvalue weighted by Crippen LogP contribution is -2.19. The van der Waals surface area contributed by atoms with Crippen LogP contribution >= 0.6 is 0 Å². The van der Waals surface area contributed by atoms with Gasteiger partial charge in [0.2, 0.25) is 0 Å². The van der Waals surface area contributed by atoms with E-state index in [-0.39, 0.29) is 11.7 Å². The fourth-order valence-electron chi connectivity index (χ4n) is 2.14. The predicted molar refractivity (Wildman–Crippen MR) is 69.5 cm³/mol. The predicted octanol–water partition coefficient (Wildman–Crippen LogP) is 2.64. The van der Waals surface area contributed by atoms with Gasteiger partial charge in [0.05, 0.1) is 0 Å². The Bertz CT molecular complexity index is 658. The molecule has 0 radical (unpaired) electrons. The van der Waals surface area contributed by atoms with Crippen LogP contribution in [0.1, 0.15) is 11.6 Å². The molecular formula is C14H11FN2O2. The molecule has 0 bridgehead atoms. The van der Waals surface area contributed by atoms with Gasteiger partial charge in [0.1, 0.15) is 17.6 Å². The third-order valence-electron chi connectivity index (χ3n) is 3.00. The van der Waals surface area contributed by atoms with Crippen molar-refractivity contribution >= 4 is 17.3 Å². The number of halogens is 1. The Morgan fingerprint density at radius 2 is 2.05 bits per heavy atom. The van der Waals surface area contributed by atoms with Crippen LogP contribution in [-0.2, 0) is 4.79 Å². The van der Waals surface area contributed by atoms with Gasteiger partial charge in [-0.25, -0.2) is 4.39 Å². The summed E-state index contributed by atoms with van der Waals surface area (Å²) in [7, 11) is 0. The lowest BCUT2D eigenvalue weighted by Gasteiger charge is -2.13. The molecule has 2 aromatic carbocycles. The van der Waals surface area contributed by atoms with Gasteiger partial charge >= 0.3 is 0 Å². The molecule has 5 heteroatoms. The molecule has 1 aliphatic heterocycles. The second kappa shape index (κ2) is 4.28. The number of fused-ring (bicyclic) bond motifs is 1. The first-order valence-electron chi connectivity index (χ1n) is 5.79. The van der Waals surface area contributed by atoms with Crippen LogP contribution in [0.25, 0.3) is 0 Å². The zero-order valence-electron chi connectivity index (χ0n) is 9.85. The number of phenolic OH excluding ortho intramolecular Hbond substituents is 1. The van der Waals surface area contributed by atoms with E-state index in [1.807, 2.05) is 0 Å². The molecule has 96 valence electrons. The van der Waals surface area contributed by atoms with Crippen molar-refractivity contribution in [3.8, 4) is 5.75 Å². The van der Waals surface area contributed by atoms with Gasteiger partial charge in [-0.05, 0) is 30.3 Å². The molecule has 0 fully saturated rings. The van der Waals surface area contributed by atoms with E-state index in [0.717, 1.165) is 0 Å². The summed E-state index contributed by atoms with van der Waals surface area (Å²) in [6.07, 6.45) is 0.